The van der Waals surface area contributed by atoms with Crippen LogP contribution in [0.4, 0.5) is 0 Å². The number of carboxylic acids is 1. The summed E-state index contributed by atoms with van der Waals surface area (Å²) in [6.45, 7) is 7.46. The number of aryl methyl sites for hydroxylation is 2. The van der Waals surface area contributed by atoms with E-state index in [1.54, 1.807) is 13.8 Å². The third-order valence-corrected chi connectivity index (χ3v) is 3.46. The molecule has 0 unspecified atom stereocenters. The van der Waals surface area contributed by atoms with Gasteiger partial charge >= 0.3 is 5.97 Å². The number of hydrogen-bond acceptors (Lipinski definition) is 5. The Hall–Kier alpha value is -1.63. The van der Waals surface area contributed by atoms with E-state index in [1.807, 2.05) is 20.1 Å². The number of hydrogen-bond donors (Lipinski definition) is 1. The summed E-state index contributed by atoms with van der Waals surface area (Å²) in [4.78, 5) is 33.5. The van der Waals surface area contributed by atoms with Gasteiger partial charge in [-0.1, -0.05) is 13.8 Å². The fourth-order valence-electron chi connectivity index (χ4n) is 2.06. The maximum Gasteiger partial charge on any atom is 0.323 e. The quantitative estimate of drug-likeness (QED) is 0.639. The number of carbonyl (C=O) groups excluding carboxylic acids is 1. The van der Waals surface area contributed by atoms with Crippen LogP contribution in [0.25, 0.3) is 0 Å². The molecule has 0 radical (unpaired) electrons. The summed E-state index contributed by atoms with van der Waals surface area (Å²) in [7, 11) is 0. The first-order chi connectivity index (χ1) is 9.76. The molecule has 0 fully saturated rings. The summed E-state index contributed by atoms with van der Waals surface area (Å²) in [5, 5.41) is 9.59. The Labute approximate surface area is 129 Å². The Bertz CT molecular complexity index is 547. The maximum absolute atomic E-state index is 12.7. The zero-order valence-corrected chi connectivity index (χ0v) is 13.8. The molecule has 0 saturated carbocycles. The van der Waals surface area contributed by atoms with Crippen LogP contribution in [0.3, 0.4) is 0 Å². The molecule has 7 heteroatoms. The van der Waals surface area contributed by atoms with E-state index in [2.05, 4.69) is 9.97 Å². The van der Waals surface area contributed by atoms with Crippen molar-refractivity contribution in [2.24, 2.45) is 5.92 Å². The number of carbonyl (C=O) groups is 2. The number of aliphatic carboxylic acids is 1. The number of nitrogens with zero attached hydrogens (tertiary/aromatic N) is 3. The lowest BCUT2D eigenvalue weighted by atomic mass is 10.1. The van der Waals surface area contributed by atoms with Gasteiger partial charge in [-0.15, -0.1) is 11.8 Å². The van der Waals surface area contributed by atoms with Crippen LogP contribution >= 0.6 is 11.8 Å². The normalized spacial score (nSPS) is 10.8. The second-order valence-electron chi connectivity index (χ2n) is 5.21. The van der Waals surface area contributed by atoms with Crippen molar-refractivity contribution >= 4 is 23.6 Å². The molecule has 1 aromatic rings. The Morgan fingerprint density at radius 1 is 1.29 bits per heavy atom. The van der Waals surface area contributed by atoms with Crippen molar-refractivity contribution in [3.05, 3.63) is 17.1 Å². The maximum atomic E-state index is 12.7. The molecule has 0 saturated heterocycles. The highest BCUT2D eigenvalue weighted by Crippen LogP contribution is 2.22. The van der Waals surface area contributed by atoms with Crippen molar-refractivity contribution in [2.75, 3.05) is 19.3 Å². The molecular formula is C14H21N3O3S. The van der Waals surface area contributed by atoms with E-state index in [0.29, 0.717) is 28.7 Å². The van der Waals surface area contributed by atoms with Gasteiger partial charge in [-0.05, 0) is 26.0 Å². The molecule has 0 aliphatic carbocycles. The first kappa shape index (κ1) is 17.4. The molecule has 0 aliphatic heterocycles. The van der Waals surface area contributed by atoms with E-state index in [9.17, 15) is 9.59 Å². The predicted octanol–water partition coefficient (Wildman–Crippen LogP) is 2.00. The Morgan fingerprint density at radius 2 is 1.90 bits per heavy atom. The SMILES string of the molecule is CSc1nc(C)nc(C)c1C(=O)N(CC(=O)O)CC(C)C. The summed E-state index contributed by atoms with van der Waals surface area (Å²) >= 11 is 1.36. The standard InChI is InChI=1S/C14H21N3O3S/c1-8(2)6-17(7-11(18)19)14(20)12-9(3)15-10(4)16-13(12)21-5/h8H,6-7H2,1-5H3,(H,18,19). The van der Waals surface area contributed by atoms with Gasteiger partial charge in [0.1, 0.15) is 17.4 Å². The number of rotatable bonds is 6. The Kier molecular flexibility index (Phi) is 6.14. The molecule has 1 rings (SSSR count). The number of amides is 1. The number of carboxylic acid groups (broad SMARTS) is 1. The molecule has 0 spiro atoms. The van der Waals surface area contributed by atoms with E-state index in [-0.39, 0.29) is 18.4 Å². The van der Waals surface area contributed by atoms with Crippen molar-refractivity contribution in [3.8, 4) is 0 Å². The van der Waals surface area contributed by atoms with Crippen molar-refractivity contribution in [3.63, 3.8) is 0 Å². The van der Waals surface area contributed by atoms with E-state index in [0.717, 1.165) is 0 Å². The molecule has 6 nitrogen and oxygen atoms in total. The first-order valence-corrected chi connectivity index (χ1v) is 7.89. The zero-order valence-electron chi connectivity index (χ0n) is 13.0. The molecule has 0 bridgehead atoms. The van der Waals surface area contributed by atoms with Crippen LogP contribution in [-0.4, -0.2) is 51.2 Å². The minimum atomic E-state index is -1.03. The van der Waals surface area contributed by atoms with Crippen molar-refractivity contribution < 1.29 is 14.7 Å². The van der Waals surface area contributed by atoms with Gasteiger partial charge in [0.25, 0.3) is 5.91 Å². The number of thioether (sulfide) groups is 1. The van der Waals surface area contributed by atoms with E-state index in [1.165, 1.54) is 16.7 Å². The summed E-state index contributed by atoms with van der Waals surface area (Å²) < 4.78 is 0. The van der Waals surface area contributed by atoms with Gasteiger partial charge in [-0.3, -0.25) is 9.59 Å². The minimum absolute atomic E-state index is 0.178. The molecule has 1 N–H and O–H groups in total. The fourth-order valence-corrected chi connectivity index (χ4v) is 2.72. The smallest absolute Gasteiger partial charge is 0.323 e. The van der Waals surface area contributed by atoms with Crippen LogP contribution in [0.1, 0.15) is 35.7 Å². The van der Waals surface area contributed by atoms with E-state index < -0.39 is 5.97 Å². The van der Waals surface area contributed by atoms with Gasteiger partial charge in [-0.25, -0.2) is 9.97 Å². The summed E-state index contributed by atoms with van der Waals surface area (Å²) in [6, 6.07) is 0. The fraction of sp³-hybridized carbons (Fsp3) is 0.571. The second kappa shape index (κ2) is 7.40. The highest BCUT2D eigenvalue weighted by Gasteiger charge is 2.25. The predicted molar refractivity (Wildman–Crippen MR) is 81.7 cm³/mol. The molecule has 0 aliphatic rings. The molecule has 1 aromatic heterocycles. The molecule has 1 heterocycles. The summed E-state index contributed by atoms with van der Waals surface area (Å²) in [5.41, 5.74) is 0.978. The van der Waals surface area contributed by atoms with Crippen molar-refractivity contribution in [1.82, 2.24) is 14.9 Å². The van der Waals surface area contributed by atoms with Crippen LogP contribution in [0.5, 0.6) is 0 Å². The lowest BCUT2D eigenvalue weighted by Crippen LogP contribution is -2.39. The molecule has 21 heavy (non-hydrogen) atoms. The van der Waals surface area contributed by atoms with Gasteiger partial charge in [0.05, 0.1) is 11.3 Å². The summed E-state index contributed by atoms with van der Waals surface area (Å²) in [6.07, 6.45) is 1.84. The third kappa shape index (κ3) is 4.70. The molecule has 0 aromatic carbocycles. The third-order valence-electron chi connectivity index (χ3n) is 2.77. The Balaban J connectivity index is 3.22. The second-order valence-corrected chi connectivity index (χ2v) is 6.01. The van der Waals surface area contributed by atoms with Crippen LogP contribution in [-0.2, 0) is 4.79 Å². The number of aromatic nitrogens is 2. The lowest BCUT2D eigenvalue weighted by Gasteiger charge is -2.24. The molecular weight excluding hydrogens is 290 g/mol. The van der Waals surface area contributed by atoms with Crippen LogP contribution in [0.2, 0.25) is 0 Å². The molecule has 116 valence electrons. The van der Waals surface area contributed by atoms with Crippen molar-refractivity contribution in [1.29, 1.82) is 0 Å². The van der Waals surface area contributed by atoms with Crippen LogP contribution in [0.15, 0.2) is 5.03 Å². The highest BCUT2D eigenvalue weighted by atomic mass is 32.2. The van der Waals surface area contributed by atoms with E-state index >= 15 is 0 Å². The van der Waals surface area contributed by atoms with Crippen molar-refractivity contribution in [2.45, 2.75) is 32.7 Å². The van der Waals surface area contributed by atoms with Gasteiger partial charge in [0.15, 0.2) is 0 Å². The van der Waals surface area contributed by atoms with Crippen LogP contribution < -0.4 is 0 Å². The molecule has 0 atom stereocenters. The van der Waals surface area contributed by atoms with Gasteiger partial charge in [0.2, 0.25) is 0 Å². The van der Waals surface area contributed by atoms with E-state index in [4.69, 9.17) is 5.11 Å². The van der Waals surface area contributed by atoms with Crippen LogP contribution in [0, 0.1) is 19.8 Å². The Morgan fingerprint density at radius 3 is 2.38 bits per heavy atom. The molecule has 1 amide bonds. The monoisotopic (exact) mass is 311 g/mol. The lowest BCUT2D eigenvalue weighted by molar-refractivity contribution is -0.137. The largest absolute Gasteiger partial charge is 0.480 e. The topological polar surface area (TPSA) is 83.4 Å². The highest BCUT2D eigenvalue weighted by molar-refractivity contribution is 7.98. The van der Waals surface area contributed by atoms with Gasteiger partial charge in [-0.2, -0.15) is 0 Å². The minimum Gasteiger partial charge on any atom is -0.480 e. The van der Waals surface area contributed by atoms with Gasteiger partial charge < -0.3 is 10.0 Å². The first-order valence-electron chi connectivity index (χ1n) is 6.66. The average Bonchev–Trinajstić information content (AvgIpc) is 2.35. The summed E-state index contributed by atoms with van der Waals surface area (Å²) in [5.74, 6) is -0.576. The van der Waals surface area contributed by atoms with Gasteiger partial charge in [0, 0.05) is 6.54 Å². The average molecular weight is 311 g/mol. The zero-order chi connectivity index (χ0) is 16.2.